The number of carbonyl (C=O) groups excluding carboxylic acids is 1. The lowest BCUT2D eigenvalue weighted by molar-refractivity contribution is 0.0938. The number of benzene rings is 1. The van der Waals surface area contributed by atoms with Gasteiger partial charge in [0, 0.05) is 19.2 Å². The number of nitrogens with one attached hydrogen (secondary N) is 1. The Morgan fingerprint density at radius 2 is 1.96 bits per heavy atom. The number of halogens is 2. The normalized spacial score (nSPS) is 14.1. The Balaban J connectivity index is 1.54. The molecule has 1 N–H and O–H groups in total. The first-order valence-electron chi connectivity index (χ1n) is 8.58. The van der Waals surface area contributed by atoms with Gasteiger partial charge < -0.3 is 19.7 Å². The van der Waals surface area contributed by atoms with Gasteiger partial charge in [-0.15, -0.1) is 0 Å². The van der Waals surface area contributed by atoms with Crippen molar-refractivity contribution in [3.05, 3.63) is 47.3 Å². The number of nitrogens with zero attached hydrogens (tertiary/aromatic N) is 3. The van der Waals surface area contributed by atoms with Crippen LogP contribution in [0.5, 0.6) is 5.88 Å². The molecule has 0 bridgehead atoms. The molecule has 27 heavy (non-hydrogen) atoms. The summed E-state index contributed by atoms with van der Waals surface area (Å²) in [5.74, 6) is -0.966. The minimum Gasteiger partial charge on any atom is -0.476 e. The summed E-state index contributed by atoms with van der Waals surface area (Å²) in [6.45, 7) is 4.68. The molecule has 144 valence electrons. The van der Waals surface area contributed by atoms with Crippen molar-refractivity contribution < 1.29 is 23.0 Å². The van der Waals surface area contributed by atoms with Gasteiger partial charge in [-0.3, -0.25) is 4.79 Å². The SMILES string of the molecule is Cc1nc(OCCNC(=O)c2c(F)cccc2F)cc(N2CCOCC2)n1. The molecule has 1 fully saturated rings. The third-order valence-electron chi connectivity index (χ3n) is 3.96. The lowest BCUT2D eigenvalue weighted by Crippen LogP contribution is -2.37. The second kappa shape index (κ2) is 8.72. The molecule has 0 atom stereocenters. The van der Waals surface area contributed by atoms with Crippen molar-refractivity contribution in [1.82, 2.24) is 15.3 Å². The van der Waals surface area contributed by atoms with Gasteiger partial charge in [-0.05, 0) is 19.1 Å². The smallest absolute Gasteiger partial charge is 0.257 e. The zero-order valence-corrected chi connectivity index (χ0v) is 14.9. The highest BCUT2D eigenvalue weighted by molar-refractivity contribution is 5.94. The summed E-state index contributed by atoms with van der Waals surface area (Å²) >= 11 is 0. The Hall–Kier alpha value is -2.81. The second-order valence-corrected chi connectivity index (χ2v) is 5.91. The van der Waals surface area contributed by atoms with Crippen molar-refractivity contribution in [1.29, 1.82) is 0 Å². The molecule has 3 rings (SSSR count). The third kappa shape index (κ3) is 4.88. The highest BCUT2D eigenvalue weighted by Gasteiger charge is 2.17. The molecule has 0 saturated carbocycles. The van der Waals surface area contributed by atoms with Gasteiger partial charge in [-0.1, -0.05) is 6.07 Å². The van der Waals surface area contributed by atoms with E-state index in [-0.39, 0.29) is 13.2 Å². The summed E-state index contributed by atoms with van der Waals surface area (Å²) in [5.41, 5.74) is -0.606. The van der Waals surface area contributed by atoms with Gasteiger partial charge in [0.2, 0.25) is 5.88 Å². The second-order valence-electron chi connectivity index (χ2n) is 5.91. The van der Waals surface area contributed by atoms with Crippen LogP contribution in [0.2, 0.25) is 0 Å². The van der Waals surface area contributed by atoms with Crippen molar-refractivity contribution in [2.45, 2.75) is 6.92 Å². The largest absolute Gasteiger partial charge is 0.476 e. The fourth-order valence-corrected chi connectivity index (χ4v) is 2.68. The molecule has 1 aromatic heterocycles. The first-order chi connectivity index (χ1) is 13.0. The number of aryl methyl sites for hydroxylation is 1. The molecular formula is C18H20F2N4O3. The number of amides is 1. The van der Waals surface area contributed by atoms with E-state index in [1.54, 1.807) is 13.0 Å². The van der Waals surface area contributed by atoms with Gasteiger partial charge in [0.05, 0.1) is 19.8 Å². The van der Waals surface area contributed by atoms with Crippen LogP contribution in [0.15, 0.2) is 24.3 Å². The first-order valence-corrected chi connectivity index (χ1v) is 8.58. The van der Waals surface area contributed by atoms with Crippen LogP contribution in [-0.2, 0) is 4.74 Å². The number of aromatic nitrogens is 2. The number of morpholine rings is 1. The molecular weight excluding hydrogens is 358 g/mol. The van der Waals surface area contributed by atoms with Crippen LogP contribution < -0.4 is 15.0 Å². The number of hydrogen-bond donors (Lipinski definition) is 1. The van der Waals surface area contributed by atoms with E-state index >= 15 is 0 Å². The van der Waals surface area contributed by atoms with E-state index in [1.807, 2.05) is 0 Å². The number of ether oxygens (including phenoxy) is 2. The molecule has 0 unspecified atom stereocenters. The van der Waals surface area contributed by atoms with Crippen LogP contribution in [0.3, 0.4) is 0 Å². The number of carbonyl (C=O) groups is 1. The quantitative estimate of drug-likeness (QED) is 0.772. The monoisotopic (exact) mass is 378 g/mol. The maximum absolute atomic E-state index is 13.6. The van der Waals surface area contributed by atoms with Gasteiger partial charge >= 0.3 is 0 Å². The summed E-state index contributed by atoms with van der Waals surface area (Å²) in [4.78, 5) is 22.6. The molecule has 1 aliphatic rings. The average Bonchev–Trinajstić information content (AvgIpc) is 2.65. The Labute approximate surface area is 155 Å². The Morgan fingerprint density at radius 1 is 1.26 bits per heavy atom. The van der Waals surface area contributed by atoms with Crippen LogP contribution in [-0.4, -0.2) is 55.3 Å². The maximum atomic E-state index is 13.6. The Kier molecular flexibility index (Phi) is 6.12. The van der Waals surface area contributed by atoms with Crippen molar-refractivity contribution >= 4 is 11.7 Å². The highest BCUT2D eigenvalue weighted by Crippen LogP contribution is 2.18. The minimum atomic E-state index is -0.907. The van der Waals surface area contributed by atoms with Crippen molar-refractivity contribution in [3.63, 3.8) is 0 Å². The van der Waals surface area contributed by atoms with Crippen molar-refractivity contribution in [2.24, 2.45) is 0 Å². The lowest BCUT2D eigenvalue weighted by atomic mass is 10.2. The van der Waals surface area contributed by atoms with Crippen LogP contribution in [0, 0.1) is 18.6 Å². The third-order valence-corrected chi connectivity index (χ3v) is 3.96. The van der Waals surface area contributed by atoms with Gasteiger partial charge in [0.25, 0.3) is 5.91 Å². The molecule has 1 saturated heterocycles. The van der Waals surface area contributed by atoms with E-state index in [0.29, 0.717) is 24.9 Å². The molecule has 0 aliphatic carbocycles. The zero-order chi connectivity index (χ0) is 19.2. The van der Waals surface area contributed by atoms with Gasteiger partial charge in [-0.25, -0.2) is 13.8 Å². The molecule has 2 aromatic rings. The minimum absolute atomic E-state index is 0.0720. The molecule has 1 aliphatic heterocycles. The van der Waals surface area contributed by atoms with Crippen LogP contribution >= 0.6 is 0 Å². The van der Waals surface area contributed by atoms with E-state index in [9.17, 15) is 13.6 Å². The van der Waals surface area contributed by atoms with Crippen molar-refractivity contribution in [3.8, 4) is 5.88 Å². The highest BCUT2D eigenvalue weighted by atomic mass is 19.1. The van der Waals surface area contributed by atoms with E-state index in [0.717, 1.165) is 31.0 Å². The first kappa shape index (κ1) is 19.0. The molecule has 7 nitrogen and oxygen atoms in total. The van der Waals surface area contributed by atoms with E-state index in [1.165, 1.54) is 6.07 Å². The molecule has 2 heterocycles. The molecule has 0 radical (unpaired) electrons. The summed E-state index contributed by atoms with van der Waals surface area (Å²) in [7, 11) is 0. The fourth-order valence-electron chi connectivity index (χ4n) is 2.68. The van der Waals surface area contributed by atoms with Gasteiger partial charge in [-0.2, -0.15) is 4.98 Å². The predicted octanol–water partition coefficient (Wildman–Crippen LogP) is 1.71. The predicted molar refractivity (Wildman–Crippen MR) is 94.0 cm³/mol. The maximum Gasteiger partial charge on any atom is 0.257 e. The lowest BCUT2D eigenvalue weighted by Gasteiger charge is -2.28. The topological polar surface area (TPSA) is 76.6 Å². The molecule has 1 amide bonds. The summed E-state index contributed by atoms with van der Waals surface area (Å²) in [6.07, 6.45) is 0. The average molecular weight is 378 g/mol. The Morgan fingerprint density at radius 3 is 2.67 bits per heavy atom. The molecule has 0 spiro atoms. The van der Waals surface area contributed by atoms with E-state index in [2.05, 4.69) is 20.2 Å². The summed E-state index contributed by atoms with van der Waals surface area (Å²) in [5, 5.41) is 2.43. The molecule has 9 heteroatoms. The van der Waals surface area contributed by atoms with Crippen LogP contribution in [0.1, 0.15) is 16.2 Å². The zero-order valence-electron chi connectivity index (χ0n) is 14.9. The van der Waals surface area contributed by atoms with E-state index < -0.39 is 23.1 Å². The van der Waals surface area contributed by atoms with Gasteiger partial charge in [0.15, 0.2) is 0 Å². The summed E-state index contributed by atoms with van der Waals surface area (Å²) < 4.78 is 38.0. The standard InChI is InChI=1S/C18H20F2N4O3/c1-12-22-15(24-6-9-26-10-7-24)11-16(23-12)27-8-5-21-18(25)17-13(19)3-2-4-14(17)20/h2-4,11H,5-10H2,1H3,(H,21,25). The van der Waals surface area contributed by atoms with Crippen molar-refractivity contribution in [2.75, 3.05) is 44.4 Å². The molecule has 1 aromatic carbocycles. The van der Waals surface area contributed by atoms with Crippen LogP contribution in [0.25, 0.3) is 0 Å². The number of rotatable bonds is 6. The number of anilines is 1. The summed E-state index contributed by atoms with van der Waals surface area (Å²) in [6, 6.07) is 4.99. The number of hydrogen-bond acceptors (Lipinski definition) is 6. The van der Waals surface area contributed by atoms with E-state index in [4.69, 9.17) is 9.47 Å². The van der Waals surface area contributed by atoms with Crippen LogP contribution in [0.4, 0.5) is 14.6 Å². The Bertz CT molecular complexity index is 793. The van der Waals surface area contributed by atoms with Gasteiger partial charge in [0.1, 0.15) is 35.4 Å². The fraction of sp³-hybridized carbons (Fsp3) is 0.389.